The van der Waals surface area contributed by atoms with Gasteiger partial charge in [0.05, 0.1) is 17.0 Å². The molecule has 0 saturated heterocycles. The summed E-state index contributed by atoms with van der Waals surface area (Å²) in [6.45, 7) is 1.71. The molecule has 1 heterocycles. The lowest BCUT2D eigenvalue weighted by Crippen LogP contribution is -2.09. The summed E-state index contributed by atoms with van der Waals surface area (Å²) >= 11 is 0. The number of ether oxygens (including phenoxy) is 1. The van der Waals surface area contributed by atoms with Gasteiger partial charge in [-0.3, -0.25) is 10.1 Å². The highest BCUT2D eigenvalue weighted by Crippen LogP contribution is 2.34. The molecule has 1 aromatic heterocycles. The fourth-order valence-corrected chi connectivity index (χ4v) is 2.63. The Bertz CT molecular complexity index is 918. The van der Waals surface area contributed by atoms with E-state index in [4.69, 9.17) is 9.84 Å². The van der Waals surface area contributed by atoms with Crippen molar-refractivity contribution in [2.45, 2.75) is 13.0 Å². The van der Waals surface area contributed by atoms with Gasteiger partial charge >= 0.3 is 5.69 Å². The lowest BCUT2D eigenvalue weighted by molar-refractivity contribution is -0.385. The van der Waals surface area contributed by atoms with E-state index in [-0.39, 0.29) is 30.7 Å². The van der Waals surface area contributed by atoms with Gasteiger partial charge in [-0.1, -0.05) is 30.3 Å². The Morgan fingerprint density at radius 3 is 2.73 bits per heavy atom. The molecule has 0 aliphatic rings. The molecule has 0 aliphatic carbocycles. The second-order valence-corrected chi connectivity index (χ2v) is 5.67. The van der Waals surface area contributed by atoms with Gasteiger partial charge in [-0.15, -0.1) is 0 Å². The number of rotatable bonds is 7. The molecular formula is C18H18N4O4. The summed E-state index contributed by atoms with van der Waals surface area (Å²) in [4.78, 5) is 19.3. The number of nitrogens with one attached hydrogen (secondary N) is 1. The van der Waals surface area contributed by atoms with Crippen molar-refractivity contribution in [2.75, 3.05) is 18.5 Å². The van der Waals surface area contributed by atoms with Gasteiger partial charge in [-0.2, -0.15) is 0 Å². The largest absolute Gasteiger partial charge is 0.484 e. The van der Waals surface area contributed by atoms with Crippen LogP contribution in [0.5, 0.6) is 5.75 Å². The maximum Gasteiger partial charge on any atom is 0.311 e. The molecule has 0 saturated carbocycles. The molecule has 134 valence electrons. The molecule has 0 bridgehead atoms. The number of hydrogen-bond acceptors (Lipinski definition) is 7. The molecule has 8 nitrogen and oxygen atoms in total. The highest BCUT2D eigenvalue weighted by molar-refractivity contribution is 5.92. The van der Waals surface area contributed by atoms with Crippen molar-refractivity contribution in [3.05, 3.63) is 64.5 Å². The van der Waals surface area contributed by atoms with E-state index in [1.54, 1.807) is 0 Å². The molecule has 3 aromatic rings. The van der Waals surface area contributed by atoms with Crippen LogP contribution in [0, 0.1) is 10.1 Å². The van der Waals surface area contributed by atoms with Crippen LogP contribution in [0.3, 0.4) is 0 Å². The normalized spacial score (nSPS) is 11.9. The van der Waals surface area contributed by atoms with E-state index in [1.807, 2.05) is 37.3 Å². The summed E-state index contributed by atoms with van der Waals surface area (Å²) in [5.74, 6) is 0.570. The Morgan fingerprint density at radius 1 is 1.27 bits per heavy atom. The molecule has 2 aromatic carbocycles. The molecule has 3 rings (SSSR count). The van der Waals surface area contributed by atoms with Crippen molar-refractivity contribution in [1.82, 2.24) is 9.97 Å². The SMILES string of the molecule is CC(Nc1ncnc2cc(OCCO)c([N+](=O)[O-])cc12)c1ccccc1. The first-order valence-corrected chi connectivity index (χ1v) is 8.08. The van der Waals surface area contributed by atoms with Gasteiger partial charge in [0.25, 0.3) is 0 Å². The van der Waals surface area contributed by atoms with Crippen molar-refractivity contribution < 1.29 is 14.8 Å². The van der Waals surface area contributed by atoms with Crippen molar-refractivity contribution in [3.8, 4) is 5.75 Å². The van der Waals surface area contributed by atoms with Crippen LogP contribution in [-0.4, -0.2) is 33.2 Å². The summed E-state index contributed by atoms with van der Waals surface area (Å²) in [7, 11) is 0. The number of anilines is 1. The Morgan fingerprint density at radius 2 is 2.04 bits per heavy atom. The topological polar surface area (TPSA) is 110 Å². The van der Waals surface area contributed by atoms with Crippen molar-refractivity contribution >= 4 is 22.4 Å². The summed E-state index contributed by atoms with van der Waals surface area (Å²) in [5.41, 5.74) is 1.38. The van der Waals surface area contributed by atoms with Gasteiger partial charge < -0.3 is 15.2 Å². The predicted molar refractivity (Wildman–Crippen MR) is 97.3 cm³/mol. The van der Waals surface area contributed by atoms with Gasteiger partial charge in [0, 0.05) is 23.6 Å². The fraction of sp³-hybridized carbons (Fsp3) is 0.222. The number of hydrogen-bond donors (Lipinski definition) is 2. The summed E-state index contributed by atoms with van der Waals surface area (Å²) in [6.07, 6.45) is 1.39. The van der Waals surface area contributed by atoms with Gasteiger partial charge in [0.15, 0.2) is 5.75 Å². The van der Waals surface area contributed by atoms with Crippen molar-refractivity contribution in [2.24, 2.45) is 0 Å². The number of benzene rings is 2. The van der Waals surface area contributed by atoms with Gasteiger partial charge in [-0.05, 0) is 12.5 Å². The third kappa shape index (κ3) is 3.70. The third-order valence-corrected chi connectivity index (χ3v) is 3.91. The first kappa shape index (κ1) is 17.6. The Labute approximate surface area is 149 Å². The van der Waals surface area contributed by atoms with Crippen molar-refractivity contribution in [3.63, 3.8) is 0 Å². The summed E-state index contributed by atoms with van der Waals surface area (Å²) < 4.78 is 5.27. The minimum atomic E-state index is -0.524. The number of aromatic nitrogens is 2. The average Bonchev–Trinajstić information content (AvgIpc) is 2.66. The van der Waals surface area contributed by atoms with Gasteiger partial charge in [-0.25, -0.2) is 9.97 Å². The number of aliphatic hydroxyl groups is 1. The quantitative estimate of drug-likeness (QED) is 0.495. The molecule has 2 N–H and O–H groups in total. The minimum Gasteiger partial charge on any atom is -0.484 e. The van der Waals surface area contributed by atoms with Crippen LogP contribution in [-0.2, 0) is 0 Å². The monoisotopic (exact) mass is 354 g/mol. The van der Waals surface area contributed by atoms with E-state index in [0.29, 0.717) is 16.7 Å². The van der Waals surface area contributed by atoms with Crippen LogP contribution in [0.15, 0.2) is 48.8 Å². The van der Waals surface area contributed by atoms with Crippen LogP contribution in [0.2, 0.25) is 0 Å². The zero-order valence-electron chi connectivity index (χ0n) is 14.1. The second kappa shape index (κ2) is 7.75. The van der Waals surface area contributed by atoms with Crippen LogP contribution < -0.4 is 10.1 Å². The fourth-order valence-electron chi connectivity index (χ4n) is 2.63. The first-order chi connectivity index (χ1) is 12.6. The molecule has 0 radical (unpaired) electrons. The molecule has 0 amide bonds. The average molecular weight is 354 g/mol. The van der Waals surface area contributed by atoms with Crippen LogP contribution >= 0.6 is 0 Å². The lowest BCUT2D eigenvalue weighted by atomic mass is 10.1. The molecular weight excluding hydrogens is 336 g/mol. The number of fused-ring (bicyclic) bond motifs is 1. The highest BCUT2D eigenvalue weighted by Gasteiger charge is 2.20. The van der Waals surface area contributed by atoms with E-state index in [0.717, 1.165) is 5.56 Å². The Kier molecular flexibility index (Phi) is 5.23. The standard InChI is InChI=1S/C18H18N4O4/c1-12(13-5-3-2-4-6-13)21-18-14-9-16(22(24)25)17(26-8-7-23)10-15(14)19-11-20-18/h2-6,9-12,23H,7-8H2,1H3,(H,19,20,21). The van der Waals surface area contributed by atoms with E-state index in [9.17, 15) is 10.1 Å². The summed E-state index contributed by atoms with van der Waals surface area (Å²) in [6, 6.07) is 12.6. The maximum absolute atomic E-state index is 11.4. The van der Waals surface area contributed by atoms with E-state index in [1.165, 1.54) is 18.5 Å². The number of nitro groups is 1. The van der Waals surface area contributed by atoms with Gasteiger partial charge in [0.1, 0.15) is 18.8 Å². The first-order valence-electron chi connectivity index (χ1n) is 8.08. The van der Waals surface area contributed by atoms with Crippen LogP contribution in [0.4, 0.5) is 11.5 Å². The molecule has 0 aliphatic heterocycles. The smallest absolute Gasteiger partial charge is 0.311 e. The number of aliphatic hydroxyl groups excluding tert-OH is 1. The minimum absolute atomic E-state index is 0.0341. The molecule has 0 spiro atoms. The zero-order valence-corrected chi connectivity index (χ0v) is 14.1. The van der Waals surface area contributed by atoms with E-state index >= 15 is 0 Å². The number of nitrogens with zero attached hydrogens (tertiary/aromatic N) is 3. The molecule has 1 unspecified atom stereocenters. The highest BCUT2D eigenvalue weighted by atomic mass is 16.6. The molecule has 8 heteroatoms. The van der Waals surface area contributed by atoms with Crippen molar-refractivity contribution in [1.29, 1.82) is 0 Å². The molecule has 1 atom stereocenters. The summed E-state index contributed by atoms with van der Waals surface area (Å²) in [5, 5.41) is 24.1. The van der Waals surface area contributed by atoms with Crippen LogP contribution in [0.25, 0.3) is 10.9 Å². The van der Waals surface area contributed by atoms with Crippen LogP contribution in [0.1, 0.15) is 18.5 Å². The second-order valence-electron chi connectivity index (χ2n) is 5.67. The Hall–Kier alpha value is -3.26. The van der Waals surface area contributed by atoms with Gasteiger partial charge in [0.2, 0.25) is 0 Å². The zero-order chi connectivity index (χ0) is 18.5. The number of nitro benzene ring substituents is 1. The molecule has 26 heavy (non-hydrogen) atoms. The Balaban J connectivity index is 2.01. The van der Waals surface area contributed by atoms with E-state index in [2.05, 4.69) is 15.3 Å². The maximum atomic E-state index is 11.4. The predicted octanol–water partition coefficient (Wildman–Crippen LogP) is 3.08. The van der Waals surface area contributed by atoms with E-state index < -0.39 is 4.92 Å². The molecule has 0 fully saturated rings. The lowest BCUT2D eigenvalue weighted by Gasteiger charge is -2.16. The third-order valence-electron chi connectivity index (χ3n) is 3.91.